The van der Waals surface area contributed by atoms with Crippen molar-refractivity contribution in [3.63, 3.8) is 0 Å². The second-order valence-corrected chi connectivity index (χ2v) is 5.54. The van der Waals surface area contributed by atoms with Crippen molar-refractivity contribution in [3.05, 3.63) is 29.8 Å². The lowest BCUT2D eigenvalue weighted by molar-refractivity contribution is -0.135. The van der Waals surface area contributed by atoms with E-state index in [2.05, 4.69) is 5.32 Å². The van der Waals surface area contributed by atoms with Gasteiger partial charge in [-0.1, -0.05) is 12.1 Å². The molecule has 0 radical (unpaired) electrons. The number of rotatable bonds is 6. The summed E-state index contributed by atoms with van der Waals surface area (Å²) in [7, 11) is -3.82. The Morgan fingerprint density at radius 1 is 1.21 bits per heavy atom. The monoisotopic (exact) mass is 286 g/mol. The van der Waals surface area contributed by atoms with Gasteiger partial charge in [-0.05, 0) is 17.7 Å². The van der Waals surface area contributed by atoms with Crippen molar-refractivity contribution in [2.45, 2.75) is 18.4 Å². The van der Waals surface area contributed by atoms with Gasteiger partial charge < -0.3 is 10.4 Å². The molecule has 0 aliphatic carbocycles. The number of benzene rings is 1. The minimum Gasteiger partial charge on any atom is -0.480 e. The third-order valence-corrected chi connectivity index (χ3v) is 3.61. The molecule has 0 heterocycles. The average Bonchev–Trinajstić information content (AvgIpc) is 2.34. The van der Waals surface area contributed by atoms with Gasteiger partial charge in [0.1, 0.15) is 6.54 Å². The fourth-order valence-electron chi connectivity index (χ4n) is 1.25. The summed E-state index contributed by atoms with van der Waals surface area (Å²) in [4.78, 5) is 21.0. The zero-order valence-corrected chi connectivity index (χ0v) is 11.0. The van der Waals surface area contributed by atoms with Crippen molar-refractivity contribution in [1.82, 2.24) is 10.0 Å². The number of carboxylic acid groups (broad SMARTS) is 1. The zero-order chi connectivity index (χ0) is 14.5. The lowest BCUT2D eigenvalue weighted by atomic mass is 10.2. The van der Waals surface area contributed by atoms with E-state index in [1.165, 1.54) is 19.1 Å². The average molecular weight is 286 g/mol. The third-order valence-electron chi connectivity index (χ3n) is 2.19. The van der Waals surface area contributed by atoms with Crippen LogP contribution in [0.3, 0.4) is 0 Å². The maximum absolute atomic E-state index is 11.7. The number of hydrogen-bond donors (Lipinski definition) is 3. The topological polar surface area (TPSA) is 113 Å². The molecule has 0 saturated carbocycles. The molecule has 3 N–H and O–H groups in total. The molecule has 0 aliphatic heterocycles. The highest BCUT2D eigenvalue weighted by molar-refractivity contribution is 7.89. The maximum atomic E-state index is 11.7. The van der Waals surface area contributed by atoms with E-state index in [1.54, 1.807) is 12.1 Å². The SMILES string of the molecule is CC(=O)NCc1ccc(S(=O)(=O)NCC(=O)O)cc1. The van der Waals surface area contributed by atoms with Crippen LogP contribution in [0.5, 0.6) is 0 Å². The molecule has 0 aromatic heterocycles. The molecular formula is C11H14N2O5S. The Labute approximate surface area is 110 Å². The van der Waals surface area contributed by atoms with Crippen LogP contribution in [0.25, 0.3) is 0 Å². The van der Waals surface area contributed by atoms with Gasteiger partial charge in [-0.25, -0.2) is 8.42 Å². The van der Waals surface area contributed by atoms with Gasteiger partial charge in [0.05, 0.1) is 4.90 Å². The first-order valence-corrected chi connectivity index (χ1v) is 6.84. The van der Waals surface area contributed by atoms with E-state index in [0.29, 0.717) is 6.54 Å². The predicted octanol–water partition coefficient (Wildman–Crippen LogP) is -0.314. The maximum Gasteiger partial charge on any atom is 0.318 e. The van der Waals surface area contributed by atoms with Crippen LogP contribution in [0.4, 0.5) is 0 Å². The fourth-order valence-corrected chi connectivity index (χ4v) is 2.23. The van der Waals surface area contributed by atoms with Crippen molar-refractivity contribution in [2.24, 2.45) is 0 Å². The molecule has 7 nitrogen and oxygen atoms in total. The van der Waals surface area contributed by atoms with Crippen LogP contribution >= 0.6 is 0 Å². The molecule has 104 valence electrons. The predicted molar refractivity (Wildman–Crippen MR) is 66.8 cm³/mol. The second kappa shape index (κ2) is 6.30. The molecule has 1 aromatic rings. The Morgan fingerprint density at radius 3 is 2.26 bits per heavy atom. The van der Waals surface area contributed by atoms with E-state index in [-0.39, 0.29) is 10.8 Å². The summed E-state index contributed by atoms with van der Waals surface area (Å²) in [5, 5.41) is 11.0. The minimum absolute atomic E-state index is 0.0275. The van der Waals surface area contributed by atoms with Crippen molar-refractivity contribution in [3.8, 4) is 0 Å². The van der Waals surface area contributed by atoms with Crippen LogP contribution in [0.1, 0.15) is 12.5 Å². The summed E-state index contributed by atoms with van der Waals surface area (Å²) >= 11 is 0. The van der Waals surface area contributed by atoms with Crippen molar-refractivity contribution in [1.29, 1.82) is 0 Å². The third kappa shape index (κ3) is 5.06. The first-order chi connectivity index (χ1) is 8.81. The van der Waals surface area contributed by atoms with Gasteiger partial charge in [0.15, 0.2) is 0 Å². The number of amides is 1. The number of nitrogens with one attached hydrogen (secondary N) is 2. The second-order valence-electron chi connectivity index (χ2n) is 3.77. The van der Waals surface area contributed by atoms with E-state index in [1.807, 2.05) is 4.72 Å². The van der Waals surface area contributed by atoms with Gasteiger partial charge in [0, 0.05) is 13.5 Å². The largest absolute Gasteiger partial charge is 0.480 e. The molecule has 8 heteroatoms. The van der Waals surface area contributed by atoms with Crippen LogP contribution in [0, 0.1) is 0 Å². The van der Waals surface area contributed by atoms with Crippen LogP contribution in [0.15, 0.2) is 29.2 Å². The Morgan fingerprint density at radius 2 is 1.79 bits per heavy atom. The standard InChI is InChI=1S/C11H14N2O5S/c1-8(14)12-6-9-2-4-10(5-3-9)19(17,18)13-7-11(15)16/h2-5,13H,6-7H2,1H3,(H,12,14)(H,15,16). The highest BCUT2D eigenvalue weighted by Crippen LogP contribution is 2.10. The highest BCUT2D eigenvalue weighted by Gasteiger charge is 2.14. The van der Waals surface area contributed by atoms with Crippen LogP contribution in [-0.2, 0) is 26.2 Å². The van der Waals surface area contributed by atoms with Gasteiger partial charge in [-0.2, -0.15) is 4.72 Å². The fraction of sp³-hybridized carbons (Fsp3) is 0.273. The quantitative estimate of drug-likeness (QED) is 0.663. The summed E-state index contributed by atoms with van der Waals surface area (Å²) in [5.74, 6) is -1.44. The molecule has 0 atom stereocenters. The molecule has 1 aromatic carbocycles. The first-order valence-electron chi connectivity index (χ1n) is 5.36. The van der Waals surface area contributed by atoms with E-state index in [4.69, 9.17) is 5.11 Å². The van der Waals surface area contributed by atoms with Crippen molar-refractivity contribution in [2.75, 3.05) is 6.54 Å². The molecule has 0 spiro atoms. The first kappa shape index (κ1) is 15.1. The Hall–Kier alpha value is -1.93. The number of aliphatic carboxylic acids is 1. The molecule has 0 aliphatic rings. The van der Waals surface area contributed by atoms with Crippen LogP contribution < -0.4 is 10.0 Å². The van der Waals surface area contributed by atoms with Crippen molar-refractivity contribution >= 4 is 21.9 Å². The van der Waals surface area contributed by atoms with E-state index in [9.17, 15) is 18.0 Å². The Kier molecular flexibility index (Phi) is 5.02. The van der Waals surface area contributed by atoms with Crippen molar-refractivity contribution < 1.29 is 23.1 Å². The molecule has 1 rings (SSSR count). The Bertz CT molecular complexity index is 565. The molecule has 19 heavy (non-hydrogen) atoms. The van der Waals surface area contributed by atoms with Gasteiger partial charge in [0.2, 0.25) is 15.9 Å². The number of carbonyl (C=O) groups is 2. The molecule has 0 saturated heterocycles. The molecule has 0 unspecified atom stereocenters. The molecular weight excluding hydrogens is 272 g/mol. The van der Waals surface area contributed by atoms with Gasteiger partial charge in [0.25, 0.3) is 0 Å². The lowest BCUT2D eigenvalue weighted by Gasteiger charge is -2.06. The molecule has 0 fully saturated rings. The summed E-state index contributed by atoms with van der Waals surface area (Å²) in [6.07, 6.45) is 0. The van der Waals surface area contributed by atoms with Gasteiger partial charge in [-0.15, -0.1) is 0 Å². The normalized spacial score (nSPS) is 11.0. The number of sulfonamides is 1. The highest BCUT2D eigenvalue weighted by atomic mass is 32.2. The van der Waals surface area contributed by atoms with E-state index in [0.717, 1.165) is 5.56 Å². The van der Waals surface area contributed by atoms with Crippen LogP contribution in [-0.4, -0.2) is 31.9 Å². The summed E-state index contributed by atoms with van der Waals surface area (Å²) in [6, 6.07) is 5.79. The molecule has 1 amide bonds. The summed E-state index contributed by atoms with van der Waals surface area (Å²) in [6.45, 7) is 1.02. The minimum atomic E-state index is -3.82. The Balaban J connectivity index is 2.74. The smallest absolute Gasteiger partial charge is 0.318 e. The zero-order valence-electron chi connectivity index (χ0n) is 10.2. The van der Waals surface area contributed by atoms with Gasteiger partial charge in [-0.3, -0.25) is 9.59 Å². The lowest BCUT2D eigenvalue weighted by Crippen LogP contribution is -2.29. The summed E-state index contributed by atoms with van der Waals surface area (Å²) in [5.41, 5.74) is 0.743. The summed E-state index contributed by atoms with van der Waals surface area (Å²) < 4.78 is 25.3. The number of hydrogen-bond acceptors (Lipinski definition) is 4. The van der Waals surface area contributed by atoms with Crippen LogP contribution in [0.2, 0.25) is 0 Å². The van der Waals surface area contributed by atoms with Gasteiger partial charge >= 0.3 is 5.97 Å². The number of carboxylic acids is 1. The van der Waals surface area contributed by atoms with E-state index >= 15 is 0 Å². The number of carbonyl (C=O) groups excluding carboxylic acids is 1. The van der Waals surface area contributed by atoms with E-state index < -0.39 is 22.5 Å². The molecule has 0 bridgehead atoms.